The van der Waals surface area contributed by atoms with E-state index in [4.69, 9.17) is 9.47 Å². The van der Waals surface area contributed by atoms with Crippen molar-refractivity contribution in [1.82, 2.24) is 10.3 Å². The van der Waals surface area contributed by atoms with Gasteiger partial charge in [0.1, 0.15) is 11.6 Å². The van der Waals surface area contributed by atoms with Gasteiger partial charge < -0.3 is 25.0 Å². The molecule has 7 nitrogen and oxygen atoms in total. The highest BCUT2D eigenvalue weighted by Gasteiger charge is 2.22. The first-order valence-corrected chi connectivity index (χ1v) is 9.66. The molecular formula is C21H28N4O3. The van der Waals surface area contributed by atoms with E-state index in [0.29, 0.717) is 18.8 Å². The number of aromatic nitrogens is 1. The topological polar surface area (TPSA) is 75.7 Å². The number of rotatable bonds is 6. The first-order chi connectivity index (χ1) is 13.5. The summed E-state index contributed by atoms with van der Waals surface area (Å²) in [5.74, 6) is 1.72. The van der Waals surface area contributed by atoms with E-state index in [2.05, 4.69) is 34.4 Å². The minimum Gasteiger partial charge on any atom is -0.494 e. The molecule has 2 heterocycles. The average Bonchev–Trinajstić information content (AvgIpc) is 2.68. The Morgan fingerprint density at radius 2 is 1.89 bits per heavy atom. The Hall–Kier alpha value is -2.80. The largest absolute Gasteiger partial charge is 0.494 e. The molecule has 28 heavy (non-hydrogen) atoms. The van der Waals surface area contributed by atoms with Crippen LogP contribution in [0, 0.1) is 0 Å². The lowest BCUT2D eigenvalue weighted by molar-refractivity contribution is -0.00546. The third kappa shape index (κ3) is 5.60. The second-order valence-corrected chi connectivity index (χ2v) is 6.95. The lowest BCUT2D eigenvalue weighted by Gasteiger charge is -2.36. The van der Waals surface area contributed by atoms with Crippen LogP contribution >= 0.6 is 0 Å². The molecule has 1 aromatic heterocycles. The zero-order chi connectivity index (χ0) is 19.9. The second-order valence-electron chi connectivity index (χ2n) is 6.95. The highest BCUT2D eigenvalue weighted by Crippen LogP contribution is 2.18. The molecule has 7 heteroatoms. The van der Waals surface area contributed by atoms with E-state index in [-0.39, 0.29) is 18.2 Å². The van der Waals surface area contributed by atoms with Crippen molar-refractivity contribution < 1.29 is 14.3 Å². The molecule has 2 N–H and O–H groups in total. The van der Waals surface area contributed by atoms with E-state index in [1.54, 1.807) is 6.20 Å². The Balaban J connectivity index is 1.48. The van der Waals surface area contributed by atoms with Gasteiger partial charge in [-0.05, 0) is 56.7 Å². The molecule has 3 rings (SSSR count). The number of anilines is 2. The van der Waals surface area contributed by atoms with Crippen LogP contribution in [-0.4, -0.2) is 42.9 Å². The summed E-state index contributed by atoms with van der Waals surface area (Å²) < 4.78 is 11.2. The third-order valence-corrected chi connectivity index (χ3v) is 4.43. The summed E-state index contributed by atoms with van der Waals surface area (Å²) in [6.07, 6.45) is 2.19. The number of urea groups is 1. The van der Waals surface area contributed by atoms with E-state index in [9.17, 15) is 4.79 Å². The molecule has 0 bridgehead atoms. The molecule has 1 fully saturated rings. The van der Waals surface area contributed by atoms with Crippen LogP contribution in [0.2, 0.25) is 0 Å². The fraction of sp³-hybridized carbons (Fsp3) is 0.429. The molecular weight excluding hydrogens is 356 g/mol. The maximum atomic E-state index is 12.1. The summed E-state index contributed by atoms with van der Waals surface area (Å²) in [5.41, 5.74) is 1.66. The van der Waals surface area contributed by atoms with Gasteiger partial charge in [-0.1, -0.05) is 6.07 Å². The molecule has 1 aliphatic heterocycles. The van der Waals surface area contributed by atoms with Crippen molar-refractivity contribution >= 4 is 17.5 Å². The Morgan fingerprint density at radius 1 is 1.18 bits per heavy atom. The van der Waals surface area contributed by atoms with Crippen LogP contribution in [0.15, 0.2) is 42.6 Å². The van der Waals surface area contributed by atoms with Gasteiger partial charge in [-0.15, -0.1) is 0 Å². The summed E-state index contributed by atoms with van der Waals surface area (Å²) in [5, 5.41) is 5.65. The van der Waals surface area contributed by atoms with Gasteiger partial charge in [0.2, 0.25) is 0 Å². The molecule has 2 unspecified atom stereocenters. The Morgan fingerprint density at radius 3 is 2.50 bits per heavy atom. The molecule has 1 aromatic carbocycles. The van der Waals surface area contributed by atoms with Crippen molar-refractivity contribution in [3.8, 4) is 5.75 Å². The van der Waals surface area contributed by atoms with Gasteiger partial charge in [0.05, 0.1) is 18.8 Å². The van der Waals surface area contributed by atoms with Gasteiger partial charge in [-0.2, -0.15) is 0 Å². The number of amides is 2. The van der Waals surface area contributed by atoms with E-state index in [0.717, 1.165) is 30.2 Å². The fourth-order valence-corrected chi connectivity index (χ4v) is 3.23. The van der Waals surface area contributed by atoms with Crippen LogP contribution in [0.1, 0.15) is 26.3 Å². The molecule has 0 saturated carbocycles. The lowest BCUT2D eigenvalue weighted by Crippen LogP contribution is -2.45. The van der Waals surface area contributed by atoms with Crippen molar-refractivity contribution in [2.75, 3.05) is 29.9 Å². The SMILES string of the molecule is CCOc1ccc(NC(=O)NCc2ccc(N3CC(C)OC(C)C3)nc2)cc1. The van der Waals surface area contributed by atoms with Crippen molar-refractivity contribution in [1.29, 1.82) is 0 Å². The summed E-state index contributed by atoms with van der Waals surface area (Å²) in [7, 11) is 0. The highest BCUT2D eigenvalue weighted by molar-refractivity contribution is 5.89. The predicted molar refractivity (Wildman–Crippen MR) is 110 cm³/mol. The van der Waals surface area contributed by atoms with Crippen LogP contribution in [0.3, 0.4) is 0 Å². The number of benzene rings is 1. The van der Waals surface area contributed by atoms with E-state index < -0.39 is 0 Å². The fourth-order valence-electron chi connectivity index (χ4n) is 3.23. The molecule has 1 aliphatic rings. The summed E-state index contributed by atoms with van der Waals surface area (Å²) in [6, 6.07) is 11.0. The Labute approximate surface area is 166 Å². The standard InChI is InChI=1S/C21H28N4O3/c1-4-27-19-8-6-18(7-9-19)24-21(26)23-12-17-5-10-20(22-11-17)25-13-15(2)28-16(3)14-25/h5-11,15-16H,4,12-14H2,1-3H3,(H2,23,24,26). The van der Waals surface area contributed by atoms with Gasteiger partial charge in [0, 0.05) is 31.5 Å². The number of ether oxygens (including phenoxy) is 2. The van der Waals surface area contributed by atoms with E-state index >= 15 is 0 Å². The number of hydrogen-bond donors (Lipinski definition) is 2. The van der Waals surface area contributed by atoms with Crippen LogP contribution in [0.5, 0.6) is 5.75 Å². The number of carbonyl (C=O) groups is 1. The highest BCUT2D eigenvalue weighted by atomic mass is 16.5. The molecule has 150 valence electrons. The minimum atomic E-state index is -0.260. The second kappa shape index (κ2) is 9.41. The quantitative estimate of drug-likeness (QED) is 0.798. The van der Waals surface area contributed by atoms with Crippen molar-refractivity contribution in [3.63, 3.8) is 0 Å². The third-order valence-electron chi connectivity index (χ3n) is 4.43. The van der Waals surface area contributed by atoms with Crippen molar-refractivity contribution in [3.05, 3.63) is 48.2 Å². The monoisotopic (exact) mass is 384 g/mol. The maximum Gasteiger partial charge on any atom is 0.319 e. The normalized spacial score (nSPS) is 19.2. The average molecular weight is 384 g/mol. The number of nitrogens with zero attached hydrogens (tertiary/aromatic N) is 2. The van der Waals surface area contributed by atoms with Crippen LogP contribution in [0.25, 0.3) is 0 Å². The zero-order valence-corrected chi connectivity index (χ0v) is 16.6. The summed E-state index contributed by atoms with van der Waals surface area (Å²) in [4.78, 5) is 18.9. The number of pyridine rings is 1. The minimum absolute atomic E-state index is 0.193. The van der Waals surface area contributed by atoms with Gasteiger partial charge in [-0.3, -0.25) is 0 Å². The number of carbonyl (C=O) groups excluding carboxylic acids is 1. The number of hydrogen-bond acceptors (Lipinski definition) is 5. The number of morpholine rings is 1. The van der Waals surface area contributed by atoms with E-state index in [1.807, 2.05) is 43.3 Å². The van der Waals surface area contributed by atoms with Crippen molar-refractivity contribution in [2.45, 2.75) is 39.5 Å². The Kier molecular flexibility index (Phi) is 6.71. The molecule has 2 atom stereocenters. The first kappa shape index (κ1) is 19.9. The van der Waals surface area contributed by atoms with Gasteiger partial charge in [0.15, 0.2) is 0 Å². The summed E-state index contributed by atoms with van der Waals surface area (Å²) >= 11 is 0. The smallest absolute Gasteiger partial charge is 0.319 e. The molecule has 2 aromatic rings. The number of nitrogens with one attached hydrogen (secondary N) is 2. The Bertz CT molecular complexity index is 754. The van der Waals surface area contributed by atoms with Crippen LogP contribution in [0.4, 0.5) is 16.3 Å². The van der Waals surface area contributed by atoms with Crippen molar-refractivity contribution in [2.24, 2.45) is 0 Å². The van der Waals surface area contributed by atoms with E-state index in [1.165, 1.54) is 0 Å². The van der Waals surface area contributed by atoms with Crippen LogP contribution in [-0.2, 0) is 11.3 Å². The molecule has 0 spiro atoms. The molecule has 1 saturated heterocycles. The predicted octanol–water partition coefficient (Wildman–Crippen LogP) is 3.42. The van der Waals surface area contributed by atoms with Gasteiger partial charge in [0.25, 0.3) is 0 Å². The first-order valence-electron chi connectivity index (χ1n) is 9.66. The summed E-state index contributed by atoms with van der Waals surface area (Å²) in [6.45, 7) is 8.77. The molecule has 2 amide bonds. The maximum absolute atomic E-state index is 12.1. The zero-order valence-electron chi connectivity index (χ0n) is 16.6. The van der Waals surface area contributed by atoms with Gasteiger partial charge >= 0.3 is 6.03 Å². The van der Waals surface area contributed by atoms with Crippen LogP contribution < -0.4 is 20.3 Å². The lowest BCUT2D eigenvalue weighted by atomic mass is 10.2. The molecule has 0 aliphatic carbocycles. The van der Waals surface area contributed by atoms with Gasteiger partial charge in [-0.25, -0.2) is 9.78 Å². The molecule has 0 radical (unpaired) electrons.